The van der Waals surface area contributed by atoms with E-state index in [1.807, 2.05) is 12.1 Å². The molecule has 0 radical (unpaired) electrons. The summed E-state index contributed by atoms with van der Waals surface area (Å²) in [6.07, 6.45) is 1.05. The van der Waals surface area contributed by atoms with Crippen LogP contribution in [0.4, 0.5) is 0 Å². The van der Waals surface area contributed by atoms with Gasteiger partial charge >= 0.3 is 0 Å². The van der Waals surface area contributed by atoms with E-state index in [1.54, 1.807) is 19.1 Å². The van der Waals surface area contributed by atoms with Gasteiger partial charge in [0.15, 0.2) is 5.78 Å². The lowest BCUT2D eigenvalue weighted by Gasteiger charge is -2.08. The van der Waals surface area contributed by atoms with E-state index in [2.05, 4.69) is 13.8 Å². The Labute approximate surface area is 91.3 Å². The Morgan fingerprint density at radius 3 is 2.33 bits per heavy atom. The van der Waals surface area contributed by atoms with E-state index in [1.165, 1.54) is 0 Å². The number of hydrogen-bond donors (Lipinski definition) is 0. The van der Waals surface area contributed by atoms with Crippen LogP contribution in [0.15, 0.2) is 24.3 Å². The molecule has 15 heavy (non-hydrogen) atoms. The van der Waals surface area contributed by atoms with Crippen molar-refractivity contribution in [1.82, 2.24) is 0 Å². The molecule has 0 N–H and O–H groups in total. The highest BCUT2D eigenvalue weighted by Gasteiger charge is 2.00. The van der Waals surface area contributed by atoms with E-state index < -0.39 is 0 Å². The lowest BCUT2D eigenvalue weighted by Crippen LogP contribution is -2.01. The maximum absolute atomic E-state index is 11.0. The molecule has 0 saturated heterocycles. The molecule has 2 heteroatoms. The second-order valence-electron chi connectivity index (χ2n) is 4.11. The Morgan fingerprint density at radius 1 is 1.27 bits per heavy atom. The number of hydrogen-bond acceptors (Lipinski definition) is 2. The first-order valence-electron chi connectivity index (χ1n) is 5.33. The average molecular weight is 206 g/mol. The zero-order valence-corrected chi connectivity index (χ0v) is 9.62. The van der Waals surface area contributed by atoms with Gasteiger partial charge in [-0.2, -0.15) is 0 Å². The van der Waals surface area contributed by atoms with Crippen molar-refractivity contribution in [2.24, 2.45) is 5.92 Å². The molecule has 1 rings (SSSR count). The molecule has 0 heterocycles. The van der Waals surface area contributed by atoms with Crippen LogP contribution in [0.3, 0.4) is 0 Å². The number of ketones is 1. The van der Waals surface area contributed by atoms with Gasteiger partial charge < -0.3 is 4.74 Å². The van der Waals surface area contributed by atoms with Gasteiger partial charge in [0.1, 0.15) is 5.75 Å². The van der Waals surface area contributed by atoms with Crippen molar-refractivity contribution in [2.75, 3.05) is 6.61 Å². The smallest absolute Gasteiger partial charge is 0.159 e. The third kappa shape index (κ3) is 4.15. The summed E-state index contributed by atoms with van der Waals surface area (Å²) in [7, 11) is 0. The first-order valence-corrected chi connectivity index (χ1v) is 5.33. The minimum absolute atomic E-state index is 0.0868. The summed E-state index contributed by atoms with van der Waals surface area (Å²) in [5, 5.41) is 0. The molecule has 0 aromatic heterocycles. The number of ether oxygens (including phenoxy) is 1. The van der Waals surface area contributed by atoms with Gasteiger partial charge in [0.05, 0.1) is 6.61 Å². The predicted octanol–water partition coefficient (Wildman–Crippen LogP) is 3.31. The van der Waals surface area contributed by atoms with Crippen molar-refractivity contribution >= 4 is 5.78 Å². The fourth-order valence-corrected chi connectivity index (χ4v) is 1.20. The molecular formula is C13H18O2. The first-order chi connectivity index (χ1) is 7.09. The van der Waals surface area contributed by atoms with E-state index in [0.717, 1.165) is 24.3 Å². The highest BCUT2D eigenvalue weighted by molar-refractivity contribution is 5.94. The summed E-state index contributed by atoms with van der Waals surface area (Å²) in [5.74, 6) is 1.57. The number of carbonyl (C=O) groups excluding carboxylic acids is 1. The molecule has 1 aromatic rings. The van der Waals surface area contributed by atoms with E-state index in [0.29, 0.717) is 5.92 Å². The third-order valence-electron chi connectivity index (χ3n) is 2.22. The summed E-state index contributed by atoms with van der Waals surface area (Å²) in [4.78, 5) is 11.0. The van der Waals surface area contributed by atoms with Gasteiger partial charge in [-0.05, 0) is 43.5 Å². The summed E-state index contributed by atoms with van der Waals surface area (Å²) in [6.45, 7) is 6.64. The molecule has 0 aliphatic heterocycles. The van der Waals surface area contributed by atoms with Crippen LogP contribution in [0.5, 0.6) is 5.75 Å². The molecule has 0 aliphatic carbocycles. The molecule has 0 fully saturated rings. The van der Waals surface area contributed by atoms with Crippen LogP contribution in [0.2, 0.25) is 0 Å². The number of carbonyl (C=O) groups is 1. The molecule has 2 nitrogen and oxygen atoms in total. The van der Waals surface area contributed by atoms with Gasteiger partial charge in [-0.1, -0.05) is 13.8 Å². The number of Topliss-reactive ketones (excluding diaryl/α,β-unsaturated/α-hetero) is 1. The van der Waals surface area contributed by atoms with Crippen LogP contribution in [-0.4, -0.2) is 12.4 Å². The van der Waals surface area contributed by atoms with Crippen molar-refractivity contribution in [1.29, 1.82) is 0 Å². The van der Waals surface area contributed by atoms with Gasteiger partial charge in [0, 0.05) is 5.56 Å². The molecule has 82 valence electrons. The monoisotopic (exact) mass is 206 g/mol. The second kappa shape index (κ2) is 5.54. The summed E-state index contributed by atoms with van der Waals surface area (Å²) in [5.41, 5.74) is 0.728. The topological polar surface area (TPSA) is 26.3 Å². The quantitative estimate of drug-likeness (QED) is 0.691. The minimum atomic E-state index is 0.0868. The van der Waals surface area contributed by atoms with Gasteiger partial charge in [-0.3, -0.25) is 4.79 Å². The molecule has 0 amide bonds. The van der Waals surface area contributed by atoms with Gasteiger partial charge in [0.2, 0.25) is 0 Å². The highest BCUT2D eigenvalue weighted by atomic mass is 16.5. The zero-order valence-electron chi connectivity index (χ0n) is 9.62. The lowest BCUT2D eigenvalue weighted by molar-refractivity contribution is 0.101. The van der Waals surface area contributed by atoms with E-state index in [9.17, 15) is 4.79 Å². The van der Waals surface area contributed by atoms with Crippen LogP contribution in [0.1, 0.15) is 37.6 Å². The van der Waals surface area contributed by atoms with Crippen LogP contribution in [0.25, 0.3) is 0 Å². The molecule has 0 saturated carbocycles. The molecule has 0 bridgehead atoms. The van der Waals surface area contributed by atoms with Crippen molar-refractivity contribution < 1.29 is 9.53 Å². The van der Waals surface area contributed by atoms with Crippen molar-refractivity contribution in [2.45, 2.75) is 27.2 Å². The van der Waals surface area contributed by atoms with Crippen LogP contribution < -0.4 is 4.74 Å². The molecular weight excluding hydrogens is 188 g/mol. The van der Waals surface area contributed by atoms with Gasteiger partial charge in [-0.15, -0.1) is 0 Å². The standard InChI is InChI=1S/C13H18O2/c1-10(2)8-9-15-13-6-4-12(5-7-13)11(3)14/h4-7,10H,8-9H2,1-3H3. The molecule has 0 aliphatic rings. The SMILES string of the molecule is CC(=O)c1ccc(OCCC(C)C)cc1. The highest BCUT2D eigenvalue weighted by Crippen LogP contribution is 2.13. The normalized spacial score (nSPS) is 10.4. The van der Waals surface area contributed by atoms with E-state index in [4.69, 9.17) is 4.74 Å². The molecule has 0 spiro atoms. The summed E-state index contributed by atoms with van der Waals surface area (Å²) in [6, 6.07) is 7.29. The van der Waals surface area contributed by atoms with Crippen LogP contribution >= 0.6 is 0 Å². The molecule has 0 unspecified atom stereocenters. The Kier molecular flexibility index (Phi) is 4.35. The largest absolute Gasteiger partial charge is 0.494 e. The van der Waals surface area contributed by atoms with Crippen LogP contribution in [-0.2, 0) is 0 Å². The van der Waals surface area contributed by atoms with Gasteiger partial charge in [0.25, 0.3) is 0 Å². The summed E-state index contributed by atoms with van der Waals surface area (Å²) < 4.78 is 5.54. The number of rotatable bonds is 5. The first kappa shape index (κ1) is 11.8. The van der Waals surface area contributed by atoms with Crippen molar-refractivity contribution in [3.05, 3.63) is 29.8 Å². The average Bonchev–Trinajstić information content (AvgIpc) is 2.18. The molecule has 1 aromatic carbocycles. The zero-order chi connectivity index (χ0) is 11.3. The molecule has 0 atom stereocenters. The summed E-state index contributed by atoms with van der Waals surface area (Å²) >= 11 is 0. The van der Waals surface area contributed by atoms with E-state index >= 15 is 0 Å². The van der Waals surface area contributed by atoms with E-state index in [-0.39, 0.29) is 5.78 Å². The van der Waals surface area contributed by atoms with Gasteiger partial charge in [-0.25, -0.2) is 0 Å². The lowest BCUT2D eigenvalue weighted by atomic mass is 10.1. The number of benzene rings is 1. The Bertz CT molecular complexity index is 312. The maximum atomic E-state index is 11.0. The Hall–Kier alpha value is -1.31. The Balaban J connectivity index is 2.46. The second-order valence-corrected chi connectivity index (χ2v) is 4.11. The fourth-order valence-electron chi connectivity index (χ4n) is 1.20. The van der Waals surface area contributed by atoms with Crippen molar-refractivity contribution in [3.63, 3.8) is 0 Å². The minimum Gasteiger partial charge on any atom is -0.494 e. The van der Waals surface area contributed by atoms with Crippen LogP contribution in [0, 0.1) is 5.92 Å². The fraction of sp³-hybridized carbons (Fsp3) is 0.462. The predicted molar refractivity (Wildman–Crippen MR) is 61.4 cm³/mol. The van der Waals surface area contributed by atoms with Crippen molar-refractivity contribution in [3.8, 4) is 5.75 Å². The maximum Gasteiger partial charge on any atom is 0.159 e. The third-order valence-corrected chi connectivity index (χ3v) is 2.22. The Morgan fingerprint density at radius 2 is 1.87 bits per heavy atom.